The summed E-state index contributed by atoms with van der Waals surface area (Å²) in [5.74, 6) is 0.939. The zero-order valence-corrected chi connectivity index (χ0v) is 19.5. The van der Waals surface area contributed by atoms with Gasteiger partial charge in [0.25, 0.3) is 0 Å². The maximum Gasteiger partial charge on any atom is 0.191 e. The van der Waals surface area contributed by atoms with E-state index in [4.69, 9.17) is 4.99 Å². The molecule has 3 N–H and O–H groups in total. The summed E-state index contributed by atoms with van der Waals surface area (Å²) in [6.45, 7) is 7.93. The third kappa shape index (κ3) is 6.59. The van der Waals surface area contributed by atoms with Crippen LogP contribution in [0.5, 0.6) is 0 Å². The van der Waals surface area contributed by atoms with E-state index in [2.05, 4.69) is 52.8 Å². The number of rotatable bonds is 8. The van der Waals surface area contributed by atoms with E-state index in [9.17, 15) is 5.11 Å². The maximum absolute atomic E-state index is 9.60. The van der Waals surface area contributed by atoms with Crippen LogP contribution in [0.2, 0.25) is 0 Å². The number of piperidine rings is 1. The van der Waals surface area contributed by atoms with E-state index < -0.39 is 0 Å². The molecule has 0 atom stereocenters. The second-order valence-corrected chi connectivity index (χ2v) is 8.05. The molecule has 1 aliphatic heterocycles. The monoisotopic (exact) mass is 500 g/mol. The standard InChI is InChI=1S/C22H36N4O.HI/c1-2-23-21(24-14-7-15-26-16-10-20(27)11-17-26)25-18-22(12-6-13-22)19-8-4-3-5-9-19;/h3-5,8-9,20,27H,2,6-7,10-18H2,1H3,(H2,23,24,25);1H. The van der Waals surface area contributed by atoms with E-state index in [0.717, 1.165) is 64.5 Å². The first kappa shape index (κ1) is 23.4. The summed E-state index contributed by atoms with van der Waals surface area (Å²) in [5, 5.41) is 16.5. The van der Waals surface area contributed by atoms with Crippen LogP contribution in [0, 0.1) is 0 Å². The van der Waals surface area contributed by atoms with Crippen molar-refractivity contribution in [2.45, 2.75) is 57.0 Å². The topological polar surface area (TPSA) is 59.9 Å². The molecule has 2 fully saturated rings. The molecule has 3 rings (SSSR count). The number of aliphatic imine (C=N–C) groups is 1. The number of aliphatic hydroxyl groups is 1. The minimum absolute atomic E-state index is 0. The highest BCUT2D eigenvalue weighted by molar-refractivity contribution is 14.0. The first-order valence-electron chi connectivity index (χ1n) is 10.7. The van der Waals surface area contributed by atoms with Gasteiger partial charge in [0.15, 0.2) is 5.96 Å². The van der Waals surface area contributed by atoms with Crippen LogP contribution in [-0.4, -0.2) is 61.3 Å². The van der Waals surface area contributed by atoms with Crippen LogP contribution in [0.1, 0.15) is 51.0 Å². The Morgan fingerprint density at radius 2 is 1.89 bits per heavy atom. The molecular weight excluding hydrogens is 463 g/mol. The number of likely N-dealkylation sites (tertiary alicyclic amines) is 1. The Hall–Kier alpha value is -0.860. The molecule has 0 amide bonds. The molecule has 2 aliphatic rings. The molecule has 1 aromatic rings. The quantitative estimate of drug-likeness (QED) is 0.222. The predicted octanol–water partition coefficient (Wildman–Crippen LogP) is 3.13. The lowest BCUT2D eigenvalue weighted by molar-refractivity contribution is 0.0823. The molecule has 0 spiro atoms. The highest BCUT2D eigenvalue weighted by Gasteiger charge is 2.38. The summed E-state index contributed by atoms with van der Waals surface area (Å²) >= 11 is 0. The van der Waals surface area contributed by atoms with E-state index in [1.807, 2.05) is 0 Å². The molecule has 0 bridgehead atoms. The highest BCUT2D eigenvalue weighted by Crippen LogP contribution is 2.43. The second-order valence-electron chi connectivity index (χ2n) is 8.05. The second kappa shape index (κ2) is 12.0. The first-order chi connectivity index (χ1) is 13.2. The van der Waals surface area contributed by atoms with Crippen molar-refractivity contribution in [3.63, 3.8) is 0 Å². The fraction of sp³-hybridized carbons (Fsp3) is 0.682. The predicted molar refractivity (Wildman–Crippen MR) is 128 cm³/mol. The molecule has 28 heavy (non-hydrogen) atoms. The fourth-order valence-electron chi connectivity index (χ4n) is 4.16. The average Bonchev–Trinajstić information content (AvgIpc) is 2.66. The van der Waals surface area contributed by atoms with Gasteiger partial charge in [0.05, 0.1) is 12.6 Å². The number of hydrogen-bond acceptors (Lipinski definition) is 3. The van der Waals surface area contributed by atoms with Crippen LogP contribution in [0.4, 0.5) is 0 Å². The Kier molecular flexibility index (Phi) is 10.0. The molecule has 0 unspecified atom stereocenters. The van der Waals surface area contributed by atoms with Gasteiger partial charge in [-0.3, -0.25) is 4.99 Å². The molecule has 0 aromatic heterocycles. The molecule has 1 heterocycles. The van der Waals surface area contributed by atoms with E-state index in [-0.39, 0.29) is 35.5 Å². The van der Waals surface area contributed by atoms with Crippen molar-refractivity contribution in [3.05, 3.63) is 35.9 Å². The van der Waals surface area contributed by atoms with Gasteiger partial charge in [-0.15, -0.1) is 24.0 Å². The molecule has 5 nitrogen and oxygen atoms in total. The molecular formula is C22H37IN4O. The van der Waals surface area contributed by atoms with Gasteiger partial charge in [-0.05, 0) is 51.1 Å². The zero-order valence-electron chi connectivity index (χ0n) is 17.2. The molecule has 158 valence electrons. The van der Waals surface area contributed by atoms with Crippen molar-refractivity contribution in [3.8, 4) is 0 Å². The van der Waals surface area contributed by atoms with Crippen LogP contribution >= 0.6 is 24.0 Å². The van der Waals surface area contributed by atoms with Crippen LogP contribution in [0.25, 0.3) is 0 Å². The molecule has 1 aromatic carbocycles. The van der Waals surface area contributed by atoms with Gasteiger partial charge in [-0.25, -0.2) is 0 Å². The third-order valence-corrected chi connectivity index (χ3v) is 6.08. The van der Waals surface area contributed by atoms with Gasteiger partial charge < -0.3 is 20.6 Å². The number of nitrogens with one attached hydrogen (secondary N) is 2. The Labute approximate surface area is 187 Å². The van der Waals surface area contributed by atoms with Crippen molar-refractivity contribution in [2.75, 3.05) is 39.3 Å². The SMILES string of the molecule is CCNC(=NCC1(c2ccccc2)CCC1)NCCCN1CCC(O)CC1.I. The normalized spacial score (nSPS) is 20.1. The number of guanidine groups is 1. The molecule has 1 saturated carbocycles. The summed E-state index contributed by atoms with van der Waals surface area (Å²) in [6.07, 6.45) is 6.62. The number of aliphatic hydroxyl groups excluding tert-OH is 1. The summed E-state index contributed by atoms with van der Waals surface area (Å²) in [6, 6.07) is 10.9. The highest BCUT2D eigenvalue weighted by atomic mass is 127. The van der Waals surface area contributed by atoms with Crippen LogP contribution in [0.3, 0.4) is 0 Å². The van der Waals surface area contributed by atoms with Gasteiger partial charge in [-0.2, -0.15) is 0 Å². The van der Waals surface area contributed by atoms with E-state index in [1.54, 1.807) is 0 Å². The van der Waals surface area contributed by atoms with E-state index >= 15 is 0 Å². The van der Waals surface area contributed by atoms with E-state index in [1.165, 1.54) is 24.8 Å². The van der Waals surface area contributed by atoms with E-state index in [0.29, 0.717) is 0 Å². The molecule has 0 radical (unpaired) electrons. The largest absolute Gasteiger partial charge is 0.393 e. The smallest absolute Gasteiger partial charge is 0.191 e. The molecule has 1 aliphatic carbocycles. The summed E-state index contributed by atoms with van der Waals surface area (Å²) in [5.41, 5.74) is 1.67. The van der Waals surface area contributed by atoms with Gasteiger partial charge in [-0.1, -0.05) is 36.8 Å². The van der Waals surface area contributed by atoms with Crippen molar-refractivity contribution in [1.29, 1.82) is 0 Å². The van der Waals surface area contributed by atoms with Crippen LogP contribution < -0.4 is 10.6 Å². The summed E-state index contributed by atoms with van der Waals surface area (Å²) in [4.78, 5) is 7.38. The Balaban J connectivity index is 0.00000280. The summed E-state index contributed by atoms with van der Waals surface area (Å²) in [7, 11) is 0. The Morgan fingerprint density at radius 3 is 2.50 bits per heavy atom. The van der Waals surface area contributed by atoms with Crippen molar-refractivity contribution in [1.82, 2.24) is 15.5 Å². The lowest BCUT2D eigenvalue weighted by Crippen LogP contribution is -2.42. The van der Waals surface area contributed by atoms with Crippen LogP contribution in [-0.2, 0) is 5.41 Å². The lowest BCUT2D eigenvalue weighted by Gasteiger charge is -2.41. The van der Waals surface area contributed by atoms with Crippen molar-refractivity contribution in [2.24, 2.45) is 4.99 Å². The van der Waals surface area contributed by atoms with Gasteiger partial charge in [0, 0.05) is 31.6 Å². The van der Waals surface area contributed by atoms with Crippen molar-refractivity contribution < 1.29 is 5.11 Å². The Bertz CT molecular complexity index is 583. The fourth-order valence-corrected chi connectivity index (χ4v) is 4.16. The number of benzene rings is 1. The lowest BCUT2D eigenvalue weighted by atomic mass is 9.64. The number of hydrogen-bond donors (Lipinski definition) is 3. The number of nitrogens with zero attached hydrogens (tertiary/aromatic N) is 2. The van der Waals surface area contributed by atoms with Gasteiger partial charge in [0.1, 0.15) is 0 Å². The first-order valence-corrected chi connectivity index (χ1v) is 10.7. The Morgan fingerprint density at radius 1 is 1.18 bits per heavy atom. The minimum atomic E-state index is -0.0877. The van der Waals surface area contributed by atoms with Gasteiger partial charge in [0.2, 0.25) is 0 Å². The molecule has 6 heteroatoms. The molecule has 1 saturated heterocycles. The zero-order chi connectivity index (χ0) is 19.0. The van der Waals surface area contributed by atoms with Gasteiger partial charge >= 0.3 is 0 Å². The van der Waals surface area contributed by atoms with Crippen LogP contribution in [0.15, 0.2) is 35.3 Å². The third-order valence-electron chi connectivity index (χ3n) is 6.08. The minimum Gasteiger partial charge on any atom is -0.393 e. The average molecular weight is 500 g/mol. The maximum atomic E-state index is 9.60. The number of halogens is 1. The summed E-state index contributed by atoms with van der Waals surface area (Å²) < 4.78 is 0. The van der Waals surface area contributed by atoms with Crippen molar-refractivity contribution >= 4 is 29.9 Å².